The van der Waals surface area contributed by atoms with Crippen LogP contribution in [0.2, 0.25) is 0 Å². The van der Waals surface area contributed by atoms with Gasteiger partial charge in [0.1, 0.15) is 11.0 Å². The van der Waals surface area contributed by atoms with Crippen LogP contribution in [0.1, 0.15) is 30.9 Å². The van der Waals surface area contributed by atoms with Crippen molar-refractivity contribution < 1.29 is 30.4 Å². The maximum absolute atomic E-state index is 13.6. The number of nitriles is 1. The van der Waals surface area contributed by atoms with E-state index in [1.165, 1.54) is 11.9 Å². The van der Waals surface area contributed by atoms with Gasteiger partial charge in [-0.1, -0.05) is 6.92 Å². The van der Waals surface area contributed by atoms with Gasteiger partial charge in [-0.2, -0.15) is 27.2 Å². The fourth-order valence-electron chi connectivity index (χ4n) is 2.87. The molecule has 30 heavy (non-hydrogen) atoms. The van der Waals surface area contributed by atoms with Crippen LogP contribution in [0, 0.1) is 11.3 Å². The Kier molecular flexibility index (Phi) is 5.13. The van der Waals surface area contributed by atoms with E-state index in [-0.39, 0.29) is 40.0 Å². The van der Waals surface area contributed by atoms with Crippen molar-refractivity contribution in [3.8, 4) is 6.07 Å². The maximum atomic E-state index is 13.6. The van der Waals surface area contributed by atoms with E-state index in [0.29, 0.717) is 0 Å². The summed E-state index contributed by atoms with van der Waals surface area (Å²) >= 11 is 0. The van der Waals surface area contributed by atoms with Crippen molar-refractivity contribution in [1.82, 2.24) is 15.0 Å². The molecule has 0 saturated carbocycles. The lowest BCUT2D eigenvalue weighted by atomic mass is 10.1. The van der Waals surface area contributed by atoms with E-state index in [2.05, 4.69) is 15.4 Å². The zero-order chi connectivity index (χ0) is 22.5. The first-order valence-electron chi connectivity index (χ1n) is 8.54. The third-order valence-corrected chi connectivity index (χ3v) is 6.23. The lowest BCUT2D eigenvalue weighted by Gasteiger charge is -2.35. The normalized spacial score (nSPS) is 17.3. The zero-order valence-corrected chi connectivity index (χ0v) is 16.4. The van der Waals surface area contributed by atoms with Crippen molar-refractivity contribution in [3.05, 3.63) is 29.3 Å². The van der Waals surface area contributed by atoms with Gasteiger partial charge in [0.2, 0.25) is 0 Å². The third kappa shape index (κ3) is 3.53. The number of nitrogens with one attached hydrogen (secondary N) is 2. The Morgan fingerprint density at radius 2 is 2.00 bits per heavy atom. The molecule has 0 saturated heterocycles. The van der Waals surface area contributed by atoms with Gasteiger partial charge >= 0.3 is 12.1 Å². The minimum Gasteiger partial charge on any atom is -0.339 e. The molecule has 1 unspecified atom stereocenters. The molecule has 0 aromatic carbocycles. The summed E-state index contributed by atoms with van der Waals surface area (Å²) in [6.45, 7) is 2.98. The molecular formula is C16H15F5N6O2S. The Morgan fingerprint density at radius 3 is 2.57 bits per heavy atom. The van der Waals surface area contributed by atoms with Gasteiger partial charge in [0, 0.05) is 12.6 Å². The largest absolute Gasteiger partial charge is 0.461 e. The molecule has 0 radical (unpaired) electrons. The number of sulfone groups is 1. The fraction of sp³-hybridized carbons (Fsp3) is 0.438. The van der Waals surface area contributed by atoms with Crippen LogP contribution < -0.4 is 10.4 Å². The number of hydrogen-bond acceptors (Lipinski definition) is 7. The number of H-pyrrole nitrogens is 1. The lowest BCUT2D eigenvalue weighted by molar-refractivity contribution is -0.292. The van der Waals surface area contributed by atoms with E-state index in [1.807, 2.05) is 4.98 Å². The van der Waals surface area contributed by atoms with Crippen molar-refractivity contribution in [3.63, 3.8) is 0 Å². The number of fused-ring (bicyclic) bond motifs is 1. The van der Waals surface area contributed by atoms with Gasteiger partial charge in [-0.3, -0.25) is 10.4 Å². The van der Waals surface area contributed by atoms with Gasteiger partial charge in [-0.15, -0.1) is 0 Å². The highest BCUT2D eigenvalue weighted by molar-refractivity contribution is 7.91. The molecule has 2 N–H and O–H groups in total. The topological polar surface area (TPSA) is 115 Å². The molecular weight excluding hydrogens is 435 g/mol. The Morgan fingerprint density at radius 1 is 1.33 bits per heavy atom. The van der Waals surface area contributed by atoms with Crippen LogP contribution in [-0.2, 0) is 22.2 Å². The molecule has 14 heteroatoms. The molecule has 3 heterocycles. The summed E-state index contributed by atoms with van der Waals surface area (Å²) in [6.07, 6.45) is -4.76. The monoisotopic (exact) mass is 450 g/mol. The Labute approximate surface area is 167 Å². The number of rotatable bonds is 4. The molecule has 0 aliphatic carbocycles. The smallest absolute Gasteiger partial charge is 0.339 e. The van der Waals surface area contributed by atoms with Gasteiger partial charge in [0.25, 0.3) is 0 Å². The minimum absolute atomic E-state index is 0.00576. The van der Waals surface area contributed by atoms with E-state index in [1.54, 1.807) is 13.0 Å². The number of aromatic nitrogens is 3. The number of nitrogens with zero attached hydrogens (tertiary/aromatic N) is 4. The van der Waals surface area contributed by atoms with Crippen LogP contribution in [0.5, 0.6) is 0 Å². The highest BCUT2D eigenvalue weighted by Gasteiger charge is 2.61. The minimum atomic E-state index is -5.84. The number of pyridine rings is 1. The highest BCUT2D eigenvalue weighted by atomic mass is 32.2. The van der Waals surface area contributed by atoms with Gasteiger partial charge in [-0.05, 0) is 13.0 Å². The Hall–Kier alpha value is -2.95. The molecule has 1 atom stereocenters. The standard InChI is InChI=1S/C16H15F5N6O2S/c1-3-30(28,29)11-5-9(6-22)7-23-13(11)27-8(2)4-10-12(26-27)25-14(24-10)15(17,18)16(19,20)21/h5,7-8,26H,3-4H2,1-2H3,(H,24,25). The molecule has 2 aromatic rings. The van der Waals surface area contributed by atoms with Crippen LogP contribution in [0.3, 0.4) is 0 Å². The van der Waals surface area contributed by atoms with Crippen LogP contribution in [-0.4, -0.2) is 41.3 Å². The number of aromatic amines is 1. The number of halogens is 5. The number of anilines is 2. The molecule has 0 fully saturated rings. The summed E-state index contributed by atoms with van der Waals surface area (Å²) in [5, 5.41) is 10.2. The zero-order valence-electron chi connectivity index (χ0n) is 15.5. The summed E-state index contributed by atoms with van der Waals surface area (Å²) in [6, 6.07) is 2.30. The summed E-state index contributed by atoms with van der Waals surface area (Å²) in [5.41, 5.74) is 2.56. The average molecular weight is 450 g/mol. The Bertz CT molecular complexity index is 1120. The molecule has 1 aliphatic rings. The third-order valence-electron chi connectivity index (χ3n) is 4.50. The van der Waals surface area contributed by atoms with Crippen molar-refractivity contribution in [1.29, 1.82) is 5.26 Å². The van der Waals surface area contributed by atoms with Crippen LogP contribution in [0.4, 0.5) is 33.6 Å². The summed E-state index contributed by atoms with van der Waals surface area (Å²) < 4.78 is 90.2. The first-order chi connectivity index (χ1) is 13.8. The summed E-state index contributed by atoms with van der Waals surface area (Å²) in [7, 11) is -3.84. The molecule has 162 valence electrons. The fourth-order valence-corrected chi connectivity index (χ4v) is 3.92. The summed E-state index contributed by atoms with van der Waals surface area (Å²) in [5.74, 6) is -7.49. The number of alkyl halides is 5. The van der Waals surface area contributed by atoms with Gasteiger partial charge in [0.05, 0.1) is 23.1 Å². The van der Waals surface area contributed by atoms with Crippen LogP contribution in [0.25, 0.3) is 0 Å². The van der Waals surface area contributed by atoms with Crippen molar-refractivity contribution in [2.24, 2.45) is 0 Å². The lowest BCUT2D eigenvalue weighted by Crippen LogP contribution is -2.44. The second kappa shape index (κ2) is 7.08. The second-order valence-corrected chi connectivity index (χ2v) is 8.83. The predicted octanol–water partition coefficient (Wildman–Crippen LogP) is 2.90. The number of imidazole rings is 1. The van der Waals surface area contributed by atoms with Crippen molar-refractivity contribution in [2.45, 2.75) is 43.3 Å². The Balaban J connectivity index is 2.06. The van der Waals surface area contributed by atoms with Crippen LogP contribution in [0.15, 0.2) is 17.2 Å². The molecule has 8 nitrogen and oxygen atoms in total. The SMILES string of the molecule is CCS(=O)(=O)c1cc(C#N)cnc1N1Nc2nc(C(F)(F)C(F)(F)F)[nH]c2CC1C. The molecule has 1 aliphatic heterocycles. The van der Waals surface area contributed by atoms with Gasteiger partial charge in [0.15, 0.2) is 27.3 Å². The van der Waals surface area contributed by atoms with Gasteiger partial charge in [-0.25, -0.2) is 18.4 Å². The first-order valence-corrected chi connectivity index (χ1v) is 10.2. The van der Waals surface area contributed by atoms with E-state index in [0.717, 1.165) is 12.3 Å². The predicted molar refractivity (Wildman–Crippen MR) is 94.5 cm³/mol. The maximum Gasteiger partial charge on any atom is 0.461 e. The first kappa shape index (κ1) is 21.8. The molecule has 2 aromatic heterocycles. The van der Waals surface area contributed by atoms with Gasteiger partial charge < -0.3 is 4.98 Å². The molecule has 0 bridgehead atoms. The summed E-state index contributed by atoms with van der Waals surface area (Å²) in [4.78, 5) is 9.07. The van der Waals surface area contributed by atoms with E-state index >= 15 is 0 Å². The van der Waals surface area contributed by atoms with Crippen molar-refractivity contribution in [2.75, 3.05) is 16.2 Å². The van der Waals surface area contributed by atoms with Crippen molar-refractivity contribution >= 4 is 21.5 Å². The molecule has 3 rings (SSSR count). The number of hydrogen-bond donors (Lipinski definition) is 2. The van der Waals surface area contributed by atoms with E-state index in [4.69, 9.17) is 5.26 Å². The van der Waals surface area contributed by atoms with E-state index in [9.17, 15) is 30.4 Å². The number of hydrazine groups is 1. The molecule has 0 spiro atoms. The van der Waals surface area contributed by atoms with Crippen LogP contribution >= 0.6 is 0 Å². The van der Waals surface area contributed by atoms with E-state index < -0.39 is 33.8 Å². The second-order valence-electron chi connectivity index (χ2n) is 6.58. The average Bonchev–Trinajstić information content (AvgIpc) is 3.09. The quantitative estimate of drug-likeness (QED) is 0.689. The highest BCUT2D eigenvalue weighted by Crippen LogP contribution is 2.44. The molecule has 0 amide bonds.